The molecule has 2 aromatic carbocycles. The van der Waals surface area contributed by atoms with Crippen LogP contribution in [0.1, 0.15) is 27.5 Å². The number of hydrogen-bond acceptors (Lipinski definition) is 5. The normalized spacial score (nSPS) is 11.5. The van der Waals surface area contributed by atoms with Crippen LogP contribution in [0, 0.1) is 17.1 Å². The van der Waals surface area contributed by atoms with Crippen LogP contribution in [-0.2, 0) is 6.42 Å². The Kier molecular flexibility index (Phi) is 6.17. The molecule has 146 valence electrons. The number of nitrogens with one attached hydrogen (secondary N) is 1. The van der Waals surface area contributed by atoms with E-state index in [0.717, 1.165) is 0 Å². The molecule has 0 radical (unpaired) electrons. The van der Waals surface area contributed by atoms with Gasteiger partial charge in [0.05, 0.1) is 30.7 Å². The number of anilines is 1. The number of nitrogens with zero attached hydrogens (tertiary/aromatic N) is 2. The number of nitrogen functional groups attached to an aromatic ring is 1. The Balaban J connectivity index is 1.85. The van der Waals surface area contributed by atoms with Gasteiger partial charge in [0.25, 0.3) is 5.91 Å². The van der Waals surface area contributed by atoms with Crippen molar-refractivity contribution in [1.82, 2.24) is 10.3 Å². The van der Waals surface area contributed by atoms with Crippen LogP contribution < -0.4 is 11.1 Å². The SMILES string of the molecule is N#CCc1cnc(N)c(-c2ccc(C(=O)N[C@H](CO)c3ccccc3)c(F)c2)c1. The molecule has 4 N–H and O–H groups in total. The first-order valence-electron chi connectivity index (χ1n) is 8.91. The highest BCUT2D eigenvalue weighted by Crippen LogP contribution is 2.27. The highest BCUT2D eigenvalue weighted by Gasteiger charge is 2.18. The number of amides is 1. The van der Waals surface area contributed by atoms with Crippen molar-refractivity contribution < 1.29 is 14.3 Å². The van der Waals surface area contributed by atoms with Gasteiger partial charge in [0.2, 0.25) is 0 Å². The lowest BCUT2D eigenvalue weighted by Gasteiger charge is -2.17. The quantitative estimate of drug-likeness (QED) is 0.599. The standard InChI is InChI=1S/C22H19FN4O2/c23-19-11-16(18-10-14(8-9-24)12-26-21(18)25)6-7-17(19)22(29)27-20(13-28)15-4-2-1-3-5-15/h1-7,10-12,20,28H,8,13H2,(H2,25,26)(H,27,29)/t20-/m1/s1. The van der Waals surface area contributed by atoms with Gasteiger partial charge in [-0.05, 0) is 34.9 Å². The first-order valence-corrected chi connectivity index (χ1v) is 8.91. The molecule has 0 saturated heterocycles. The molecule has 3 aromatic rings. The van der Waals surface area contributed by atoms with E-state index >= 15 is 0 Å². The third-order valence-corrected chi connectivity index (χ3v) is 4.47. The number of aliphatic hydroxyl groups is 1. The maximum absolute atomic E-state index is 14.7. The van der Waals surface area contributed by atoms with Gasteiger partial charge >= 0.3 is 0 Å². The minimum atomic E-state index is -0.727. The van der Waals surface area contributed by atoms with Gasteiger partial charge in [-0.25, -0.2) is 9.37 Å². The van der Waals surface area contributed by atoms with Gasteiger partial charge in [-0.3, -0.25) is 4.79 Å². The van der Waals surface area contributed by atoms with Crippen molar-refractivity contribution in [2.75, 3.05) is 12.3 Å². The van der Waals surface area contributed by atoms with Gasteiger partial charge in [-0.2, -0.15) is 5.26 Å². The number of hydrogen-bond donors (Lipinski definition) is 3. The van der Waals surface area contributed by atoms with Gasteiger partial charge in [0.1, 0.15) is 11.6 Å². The Morgan fingerprint density at radius 1 is 1.24 bits per heavy atom. The van der Waals surface area contributed by atoms with Crippen molar-refractivity contribution in [3.8, 4) is 17.2 Å². The molecule has 1 atom stereocenters. The summed E-state index contributed by atoms with van der Waals surface area (Å²) in [5.74, 6) is -1.16. The fraction of sp³-hybridized carbons (Fsp3) is 0.136. The lowest BCUT2D eigenvalue weighted by molar-refractivity contribution is 0.0912. The van der Waals surface area contributed by atoms with E-state index in [1.54, 1.807) is 36.4 Å². The van der Waals surface area contributed by atoms with E-state index in [1.807, 2.05) is 12.1 Å². The number of benzene rings is 2. The fourth-order valence-electron chi connectivity index (χ4n) is 2.96. The zero-order chi connectivity index (χ0) is 20.8. The average Bonchev–Trinajstić information content (AvgIpc) is 2.74. The molecule has 7 heteroatoms. The molecule has 1 aromatic heterocycles. The van der Waals surface area contributed by atoms with Gasteiger partial charge < -0.3 is 16.2 Å². The molecule has 0 spiro atoms. The number of pyridine rings is 1. The minimum Gasteiger partial charge on any atom is -0.394 e. The number of aromatic nitrogens is 1. The molecule has 3 rings (SSSR count). The Bertz CT molecular complexity index is 1060. The van der Waals surface area contributed by atoms with Crippen molar-refractivity contribution >= 4 is 11.7 Å². The summed E-state index contributed by atoms with van der Waals surface area (Å²) in [7, 11) is 0. The average molecular weight is 390 g/mol. The summed E-state index contributed by atoms with van der Waals surface area (Å²) in [4.78, 5) is 16.6. The van der Waals surface area contributed by atoms with E-state index in [1.165, 1.54) is 18.3 Å². The monoisotopic (exact) mass is 390 g/mol. The number of carbonyl (C=O) groups is 1. The molecular weight excluding hydrogens is 371 g/mol. The summed E-state index contributed by atoms with van der Waals surface area (Å²) in [5, 5.41) is 21.1. The zero-order valence-electron chi connectivity index (χ0n) is 15.5. The van der Waals surface area contributed by atoms with E-state index in [4.69, 9.17) is 11.0 Å². The predicted octanol–water partition coefficient (Wildman–Crippen LogP) is 3.00. The molecule has 0 aliphatic carbocycles. The lowest BCUT2D eigenvalue weighted by atomic mass is 10.0. The van der Waals surface area contributed by atoms with Gasteiger partial charge in [-0.15, -0.1) is 0 Å². The fourth-order valence-corrected chi connectivity index (χ4v) is 2.96. The molecule has 29 heavy (non-hydrogen) atoms. The highest BCUT2D eigenvalue weighted by atomic mass is 19.1. The number of nitrogens with two attached hydrogens (primary N) is 1. The van der Waals surface area contributed by atoms with Crippen LogP contribution in [0.3, 0.4) is 0 Å². The number of halogens is 1. The molecule has 0 unspecified atom stereocenters. The van der Waals surface area contributed by atoms with Crippen molar-refractivity contribution in [2.45, 2.75) is 12.5 Å². The summed E-state index contributed by atoms with van der Waals surface area (Å²) in [5.41, 5.74) is 8.05. The summed E-state index contributed by atoms with van der Waals surface area (Å²) in [6, 6.07) is 16.1. The van der Waals surface area contributed by atoms with E-state index in [-0.39, 0.29) is 24.4 Å². The molecule has 6 nitrogen and oxygen atoms in total. The third kappa shape index (κ3) is 4.57. The molecular formula is C22H19FN4O2. The zero-order valence-corrected chi connectivity index (χ0v) is 15.5. The Morgan fingerprint density at radius 3 is 2.66 bits per heavy atom. The highest BCUT2D eigenvalue weighted by molar-refractivity contribution is 5.95. The second-order valence-corrected chi connectivity index (χ2v) is 6.43. The number of rotatable bonds is 6. The van der Waals surface area contributed by atoms with Crippen LogP contribution in [0.2, 0.25) is 0 Å². The molecule has 1 heterocycles. The van der Waals surface area contributed by atoms with Gasteiger partial charge in [0.15, 0.2) is 0 Å². The molecule has 0 fully saturated rings. The van der Waals surface area contributed by atoms with Gasteiger partial charge in [0, 0.05) is 11.8 Å². The Morgan fingerprint density at radius 2 is 2.00 bits per heavy atom. The second-order valence-electron chi connectivity index (χ2n) is 6.43. The molecule has 0 aliphatic heterocycles. The summed E-state index contributed by atoms with van der Waals surface area (Å²) >= 11 is 0. The molecule has 1 amide bonds. The van der Waals surface area contributed by atoms with Gasteiger partial charge in [-0.1, -0.05) is 36.4 Å². The van der Waals surface area contributed by atoms with Crippen LogP contribution in [0.4, 0.5) is 10.2 Å². The molecule has 0 aliphatic rings. The predicted molar refractivity (Wildman–Crippen MR) is 107 cm³/mol. The molecule has 0 saturated carbocycles. The number of aliphatic hydroxyl groups excluding tert-OH is 1. The Labute approximate surface area is 167 Å². The van der Waals surface area contributed by atoms with Crippen LogP contribution in [0.25, 0.3) is 11.1 Å². The van der Waals surface area contributed by atoms with Crippen molar-refractivity contribution in [3.63, 3.8) is 0 Å². The van der Waals surface area contributed by atoms with Crippen molar-refractivity contribution in [2.24, 2.45) is 0 Å². The molecule has 0 bridgehead atoms. The summed E-state index contributed by atoms with van der Waals surface area (Å²) in [6.45, 7) is -0.316. The number of nitriles is 1. The largest absolute Gasteiger partial charge is 0.394 e. The second kappa shape index (κ2) is 8.95. The van der Waals surface area contributed by atoms with E-state index in [0.29, 0.717) is 22.3 Å². The maximum atomic E-state index is 14.7. The van der Waals surface area contributed by atoms with Crippen molar-refractivity contribution in [1.29, 1.82) is 5.26 Å². The first kappa shape index (κ1) is 20.0. The van der Waals surface area contributed by atoms with Crippen LogP contribution in [0.5, 0.6) is 0 Å². The third-order valence-electron chi connectivity index (χ3n) is 4.47. The minimum absolute atomic E-state index is 0.150. The lowest BCUT2D eigenvalue weighted by Crippen LogP contribution is -2.31. The van der Waals surface area contributed by atoms with E-state index in [2.05, 4.69) is 10.3 Å². The van der Waals surface area contributed by atoms with Crippen LogP contribution in [0.15, 0.2) is 60.8 Å². The smallest absolute Gasteiger partial charge is 0.254 e. The van der Waals surface area contributed by atoms with E-state index in [9.17, 15) is 14.3 Å². The number of carbonyl (C=O) groups excluding carboxylic acids is 1. The first-order chi connectivity index (χ1) is 14.0. The van der Waals surface area contributed by atoms with Crippen LogP contribution in [-0.4, -0.2) is 22.6 Å². The van der Waals surface area contributed by atoms with Crippen molar-refractivity contribution in [3.05, 3.63) is 83.3 Å². The maximum Gasteiger partial charge on any atom is 0.254 e. The summed E-state index contributed by atoms with van der Waals surface area (Å²) in [6.07, 6.45) is 1.66. The topological polar surface area (TPSA) is 112 Å². The van der Waals surface area contributed by atoms with Crippen LogP contribution >= 0.6 is 0 Å². The Hall–Kier alpha value is -3.76. The summed E-state index contributed by atoms with van der Waals surface area (Å²) < 4.78 is 14.7. The van der Waals surface area contributed by atoms with E-state index < -0.39 is 17.8 Å².